The summed E-state index contributed by atoms with van der Waals surface area (Å²) in [5.41, 5.74) is 1.34. The van der Waals surface area contributed by atoms with Crippen molar-refractivity contribution in [3.63, 3.8) is 0 Å². The second-order valence-corrected chi connectivity index (χ2v) is 4.73. The van der Waals surface area contributed by atoms with Gasteiger partial charge in [0.2, 0.25) is 0 Å². The summed E-state index contributed by atoms with van der Waals surface area (Å²) in [4.78, 5) is 7.19. The molecule has 0 aliphatic heterocycles. The minimum Gasteiger partial charge on any atom is -0.347 e. The van der Waals surface area contributed by atoms with Crippen LogP contribution in [0.1, 0.15) is 31.3 Å². The molecule has 0 saturated heterocycles. The molecule has 3 nitrogen and oxygen atoms in total. The van der Waals surface area contributed by atoms with Crippen LogP contribution in [0.3, 0.4) is 0 Å². The first-order chi connectivity index (χ1) is 9.56. The fourth-order valence-corrected chi connectivity index (χ4v) is 1.86. The van der Waals surface area contributed by atoms with Crippen molar-refractivity contribution in [2.45, 2.75) is 19.9 Å². The molecule has 2 aromatic rings. The van der Waals surface area contributed by atoms with Crippen LogP contribution in [0.4, 0.5) is 8.78 Å². The topological polar surface area (TPSA) is 40.7 Å². The quantitative estimate of drug-likeness (QED) is 0.879. The summed E-state index contributed by atoms with van der Waals surface area (Å²) in [5, 5.41) is 3.28. The zero-order chi connectivity index (χ0) is 14.5. The van der Waals surface area contributed by atoms with Gasteiger partial charge in [-0.2, -0.15) is 0 Å². The Bertz CT molecular complexity index is 591. The predicted octanol–water partition coefficient (Wildman–Crippen LogP) is 3.44. The third-order valence-electron chi connectivity index (χ3n) is 2.98. The molecule has 2 rings (SSSR count). The number of halogens is 2. The van der Waals surface area contributed by atoms with Gasteiger partial charge in [-0.25, -0.2) is 13.8 Å². The molecule has 0 radical (unpaired) electrons. The van der Waals surface area contributed by atoms with E-state index in [9.17, 15) is 8.78 Å². The van der Waals surface area contributed by atoms with Crippen molar-refractivity contribution in [3.8, 4) is 0 Å². The number of benzene rings is 1. The van der Waals surface area contributed by atoms with E-state index in [0.717, 1.165) is 17.5 Å². The van der Waals surface area contributed by atoms with Crippen LogP contribution in [0.25, 0.3) is 6.08 Å². The summed E-state index contributed by atoms with van der Waals surface area (Å²) >= 11 is 0. The molecule has 5 heteroatoms. The molecule has 0 fully saturated rings. The van der Waals surface area contributed by atoms with Gasteiger partial charge in [-0.3, -0.25) is 0 Å². The van der Waals surface area contributed by atoms with Crippen molar-refractivity contribution >= 4 is 6.08 Å². The monoisotopic (exact) mass is 277 g/mol. The number of hydrogen-bond acceptors (Lipinski definition) is 2. The average Bonchev–Trinajstić information content (AvgIpc) is 2.93. The van der Waals surface area contributed by atoms with Crippen molar-refractivity contribution in [1.82, 2.24) is 15.3 Å². The zero-order valence-corrected chi connectivity index (χ0v) is 11.5. The van der Waals surface area contributed by atoms with Crippen molar-refractivity contribution in [2.24, 2.45) is 0 Å². The Morgan fingerprint density at radius 3 is 2.90 bits per heavy atom. The third-order valence-corrected chi connectivity index (χ3v) is 2.98. The molecular formula is C15H17F2N3. The van der Waals surface area contributed by atoms with E-state index in [4.69, 9.17) is 0 Å². The number of aromatic amines is 1. The minimum atomic E-state index is -0.568. The normalized spacial score (nSPS) is 13.5. The second kappa shape index (κ2) is 6.43. The van der Waals surface area contributed by atoms with Gasteiger partial charge in [-0.15, -0.1) is 0 Å². The molecule has 2 N–H and O–H groups in total. The van der Waals surface area contributed by atoms with E-state index < -0.39 is 11.6 Å². The molecule has 20 heavy (non-hydrogen) atoms. The predicted molar refractivity (Wildman–Crippen MR) is 75.0 cm³/mol. The Morgan fingerprint density at radius 1 is 1.45 bits per heavy atom. The lowest BCUT2D eigenvalue weighted by molar-refractivity contribution is 0.577. The summed E-state index contributed by atoms with van der Waals surface area (Å²) in [6.45, 7) is 4.48. The number of rotatable bonds is 5. The smallest absolute Gasteiger partial charge is 0.133 e. The van der Waals surface area contributed by atoms with E-state index in [2.05, 4.69) is 15.3 Å². The van der Waals surface area contributed by atoms with Gasteiger partial charge in [0.1, 0.15) is 17.5 Å². The molecule has 1 unspecified atom stereocenters. The molecule has 0 bridgehead atoms. The molecule has 0 aliphatic rings. The summed E-state index contributed by atoms with van der Waals surface area (Å²) in [5.74, 6) is -0.268. The lowest BCUT2D eigenvalue weighted by Gasteiger charge is -2.11. The maximum Gasteiger partial charge on any atom is 0.133 e. The van der Waals surface area contributed by atoms with Gasteiger partial charge in [0.25, 0.3) is 0 Å². The van der Waals surface area contributed by atoms with E-state index in [0.29, 0.717) is 12.1 Å². The Kier molecular flexibility index (Phi) is 4.63. The van der Waals surface area contributed by atoms with E-state index >= 15 is 0 Å². The molecule has 0 saturated carbocycles. The Hall–Kier alpha value is -2.01. The van der Waals surface area contributed by atoms with Crippen LogP contribution in [0.5, 0.6) is 0 Å². The maximum absolute atomic E-state index is 13.5. The van der Waals surface area contributed by atoms with Crippen LogP contribution in [-0.2, 0) is 0 Å². The second-order valence-electron chi connectivity index (χ2n) is 4.73. The summed E-state index contributed by atoms with van der Waals surface area (Å²) in [6, 6.07) is 3.65. The first kappa shape index (κ1) is 14.4. The number of H-pyrrole nitrogens is 1. The van der Waals surface area contributed by atoms with Crippen LogP contribution >= 0.6 is 0 Å². The largest absolute Gasteiger partial charge is 0.347 e. The van der Waals surface area contributed by atoms with E-state index in [-0.39, 0.29) is 6.04 Å². The highest BCUT2D eigenvalue weighted by Crippen LogP contribution is 2.14. The van der Waals surface area contributed by atoms with Gasteiger partial charge in [0.15, 0.2) is 0 Å². The van der Waals surface area contributed by atoms with Gasteiger partial charge < -0.3 is 10.3 Å². The number of nitrogens with one attached hydrogen (secondary N) is 2. The zero-order valence-electron chi connectivity index (χ0n) is 11.5. The van der Waals surface area contributed by atoms with Crippen LogP contribution in [0.2, 0.25) is 0 Å². The Balaban J connectivity index is 1.97. The van der Waals surface area contributed by atoms with Crippen LogP contribution < -0.4 is 5.32 Å². The highest BCUT2D eigenvalue weighted by atomic mass is 19.1. The minimum absolute atomic E-state index is 0.0754. The SMILES string of the molecule is CC(=Cc1ccc(F)cc1F)CNC(C)c1ncc[nH]1. The fraction of sp³-hybridized carbons (Fsp3) is 0.267. The number of imidazole rings is 1. The Labute approximate surface area is 116 Å². The van der Waals surface area contributed by atoms with Gasteiger partial charge in [-0.05, 0) is 26.0 Å². The first-order valence-electron chi connectivity index (χ1n) is 6.41. The number of nitrogens with zero attached hydrogens (tertiary/aromatic N) is 1. The highest BCUT2D eigenvalue weighted by molar-refractivity contribution is 5.53. The van der Waals surface area contributed by atoms with Gasteiger partial charge in [0, 0.05) is 30.6 Å². The first-order valence-corrected chi connectivity index (χ1v) is 6.41. The molecule has 1 atom stereocenters. The molecule has 0 amide bonds. The van der Waals surface area contributed by atoms with Crippen LogP contribution in [0.15, 0.2) is 36.2 Å². The molecule has 106 valence electrons. The van der Waals surface area contributed by atoms with Gasteiger partial charge in [0.05, 0.1) is 6.04 Å². The molecule has 1 aromatic heterocycles. The molecule has 0 aliphatic carbocycles. The van der Waals surface area contributed by atoms with Crippen molar-refractivity contribution in [1.29, 1.82) is 0 Å². The number of aromatic nitrogens is 2. The molecular weight excluding hydrogens is 260 g/mol. The van der Waals surface area contributed by atoms with Crippen molar-refractivity contribution in [2.75, 3.05) is 6.54 Å². The van der Waals surface area contributed by atoms with Gasteiger partial charge in [-0.1, -0.05) is 11.6 Å². The van der Waals surface area contributed by atoms with E-state index in [1.807, 2.05) is 13.8 Å². The standard InChI is InChI=1S/C15H17F2N3/c1-10(7-12-3-4-13(16)8-14(12)17)9-20-11(2)15-18-5-6-19-15/h3-8,11,20H,9H2,1-2H3,(H,18,19). The maximum atomic E-state index is 13.5. The average molecular weight is 277 g/mol. The molecule has 0 spiro atoms. The summed E-state index contributed by atoms with van der Waals surface area (Å²) in [6.07, 6.45) is 5.17. The highest BCUT2D eigenvalue weighted by Gasteiger charge is 2.07. The Morgan fingerprint density at radius 2 is 2.25 bits per heavy atom. The van der Waals surface area contributed by atoms with Crippen molar-refractivity contribution < 1.29 is 8.78 Å². The lowest BCUT2D eigenvalue weighted by Crippen LogP contribution is -2.21. The van der Waals surface area contributed by atoms with E-state index in [1.54, 1.807) is 18.5 Å². The van der Waals surface area contributed by atoms with E-state index in [1.165, 1.54) is 12.1 Å². The lowest BCUT2D eigenvalue weighted by atomic mass is 10.1. The van der Waals surface area contributed by atoms with Crippen LogP contribution in [0, 0.1) is 11.6 Å². The van der Waals surface area contributed by atoms with Crippen LogP contribution in [-0.4, -0.2) is 16.5 Å². The third kappa shape index (κ3) is 3.74. The van der Waals surface area contributed by atoms with Crippen molar-refractivity contribution in [3.05, 3.63) is 59.2 Å². The van der Waals surface area contributed by atoms with Gasteiger partial charge >= 0.3 is 0 Å². The number of hydrogen-bond donors (Lipinski definition) is 2. The molecule has 1 heterocycles. The molecule has 1 aromatic carbocycles. The summed E-state index contributed by atoms with van der Waals surface area (Å²) < 4.78 is 26.3. The summed E-state index contributed by atoms with van der Waals surface area (Å²) in [7, 11) is 0. The fourth-order valence-electron chi connectivity index (χ4n) is 1.86.